The summed E-state index contributed by atoms with van der Waals surface area (Å²) in [6.07, 6.45) is 1.79. The highest BCUT2D eigenvalue weighted by Crippen LogP contribution is 2.24. The summed E-state index contributed by atoms with van der Waals surface area (Å²) in [5.41, 5.74) is 2.17. The van der Waals surface area contributed by atoms with Crippen molar-refractivity contribution in [2.75, 3.05) is 13.2 Å². The molecule has 1 aromatic heterocycles. The molecule has 0 fully saturated rings. The molecule has 0 spiro atoms. The van der Waals surface area contributed by atoms with Crippen molar-refractivity contribution in [2.45, 2.75) is 6.54 Å². The van der Waals surface area contributed by atoms with Crippen LogP contribution in [0.1, 0.15) is 5.56 Å². The van der Waals surface area contributed by atoms with Crippen molar-refractivity contribution in [2.24, 2.45) is 0 Å². The molecule has 0 saturated carbocycles. The number of rotatable bonds is 4. The number of halogens is 1. The van der Waals surface area contributed by atoms with Crippen LogP contribution in [0.2, 0.25) is 0 Å². The first-order chi connectivity index (χ1) is 7.83. The fourth-order valence-electron chi connectivity index (χ4n) is 1.66. The lowest BCUT2D eigenvalue weighted by Crippen LogP contribution is -2.17. The summed E-state index contributed by atoms with van der Waals surface area (Å²) in [4.78, 5) is 4.31. The molecule has 0 amide bonds. The highest BCUT2D eigenvalue weighted by molar-refractivity contribution is 9.10. The van der Waals surface area contributed by atoms with Crippen LogP contribution in [0, 0.1) is 0 Å². The van der Waals surface area contributed by atoms with E-state index in [9.17, 15) is 0 Å². The van der Waals surface area contributed by atoms with Gasteiger partial charge in [-0.05, 0) is 23.8 Å². The van der Waals surface area contributed by atoms with E-state index < -0.39 is 0 Å². The van der Waals surface area contributed by atoms with Crippen molar-refractivity contribution in [1.82, 2.24) is 10.3 Å². The lowest BCUT2D eigenvalue weighted by atomic mass is 10.1. The summed E-state index contributed by atoms with van der Waals surface area (Å²) < 4.78 is 1.07. The smallest absolute Gasteiger partial charge is 0.0706 e. The SMILES string of the molecule is OCCNCc1c(Br)ccc2ncccc12. The standard InChI is InChI=1S/C12H13BrN2O/c13-11-3-4-12-9(2-1-5-15-12)10(11)8-14-6-7-16/h1-5,14,16H,6-8H2. The van der Waals surface area contributed by atoms with E-state index in [2.05, 4.69) is 32.3 Å². The Labute approximate surface area is 103 Å². The van der Waals surface area contributed by atoms with Crippen LogP contribution in [0.3, 0.4) is 0 Å². The lowest BCUT2D eigenvalue weighted by Gasteiger charge is -2.09. The normalized spacial score (nSPS) is 10.9. The molecule has 2 rings (SSSR count). The minimum absolute atomic E-state index is 0.153. The molecular weight excluding hydrogens is 268 g/mol. The molecule has 0 saturated heterocycles. The topological polar surface area (TPSA) is 45.1 Å². The molecule has 1 aromatic carbocycles. The Morgan fingerprint density at radius 1 is 1.31 bits per heavy atom. The van der Waals surface area contributed by atoms with Crippen LogP contribution >= 0.6 is 15.9 Å². The van der Waals surface area contributed by atoms with Gasteiger partial charge in [0.15, 0.2) is 0 Å². The highest BCUT2D eigenvalue weighted by Gasteiger charge is 2.05. The molecular formula is C12H13BrN2O. The first-order valence-electron chi connectivity index (χ1n) is 5.16. The third-order valence-corrected chi connectivity index (χ3v) is 3.17. The second-order valence-electron chi connectivity index (χ2n) is 3.50. The Balaban J connectivity index is 2.37. The number of benzene rings is 1. The molecule has 0 bridgehead atoms. The molecule has 0 atom stereocenters. The van der Waals surface area contributed by atoms with Crippen molar-refractivity contribution in [3.63, 3.8) is 0 Å². The van der Waals surface area contributed by atoms with Gasteiger partial charge >= 0.3 is 0 Å². The molecule has 2 N–H and O–H groups in total. The number of aliphatic hydroxyl groups is 1. The molecule has 2 aromatic rings. The number of hydrogen-bond acceptors (Lipinski definition) is 3. The van der Waals surface area contributed by atoms with E-state index in [-0.39, 0.29) is 6.61 Å². The monoisotopic (exact) mass is 280 g/mol. The zero-order valence-corrected chi connectivity index (χ0v) is 10.4. The van der Waals surface area contributed by atoms with Crippen molar-refractivity contribution in [3.8, 4) is 0 Å². The van der Waals surface area contributed by atoms with Gasteiger partial charge in [0.25, 0.3) is 0 Å². The van der Waals surface area contributed by atoms with Crippen LogP contribution in [-0.4, -0.2) is 23.2 Å². The summed E-state index contributed by atoms with van der Waals surface area (Å²) >= 11 is 3.54. The zero-order chi connectivity index (χ0) is 11.4. The molecule has 0 radical (unpaired) electrons. The van der Waals surface area contributed by atoms with Crippen molar-refractivity contribution in [1.29, 1.82) is 0 Å². The Morgan fingerprint density at radius 2 is 2.19 bits per heavy atom. The molecule has 0 aliphatic carbocycles. The number of hydrogen-bond donors (Lipinski definition) is 2. The average Bonchev–Trinajstić information content (AvgIpc) is 2.32. The van der Waals surface area contributed by atoms with Gasteiger partial charge in [-0.25, -0.2) is 0 Å². The first kappa shape index (κ1) is 11.5. The quantitative estimate of drug-likeness (QED) is 0.843. The second-order valence-corrected chi connectivity index (χ2v) is 4.35. The third kappa shape index (κ3) is 2.40. The van der Waals surface area contributed by atoms with Crippen LogP contribution in [0.4, 0.5) is 0 Å². The molecule has 0 aliphatic heterocycles. The van der Waals surface area contributed by atoms with Gasteiger partial charge in [-0.2, -0.15) is 0 Å². The predicted octanol–water partition coefficient (Wildman–Crippen LogP) is 2.08. The van der Waals surface area contributed by atoms with Crippen molar-refractivity contribution < 1.29 is 5.11 Å². The Morgan fingerprint density at radius 3 is 3.00 bits per heavy atom. The largest absolute Gasteiger partial charge is 0.395 e. The van der Waals surface area contributed by atoms with Gasteiger partial charge in [-0.3, -0.25) is 4.98 Å². The number of aromatic nitrogens is 1. The van der Waals surface area contributed by atoms with Gasteiger partial charge in [-0.1, -0.05) is 22.0 Å². The number of nitrogens with zero attached hydrogens (tertiary/aromatic N) is 1. The van der Waals surface area contributed by atoms with Crippen LogP contribution in [-0.2, 0) is 6.54 Å². The molecule has 16 heavy (non-hydrogen) atoms. The number of aliphatic hydroxyl groups excluding tert-OH is 1. The van der Waals surface area contributed by atoms with Gasteiger partial charge in [0.2, 0.25) is 0 Å². The minimum Gasteiger partial charge on any atom is -0.395 e. The summed E-state index contributed by atoms with van der Waals surface area (Å²) in [7, 11) is 0. The van der Waals surface area contributed by atoms with Crippen LogP contribution in [0.5, 0.6) is 0 Å². The minimum atomic E-state index is 0.153. The van der Waals surface area contributed by atoms with Crippen molar-refractivity contribution in [3.05, 3.63) is 40.5 Å². The maximum atomic E-state index is 8.74. The summed E-state index contributed by atoms with van der Waals surface area (Å²) in [5.74, 6) is 0. The zero-order valence-electron chi connectivity index (χ0n) is 8.78. The van der Waals surface area contributed by atoms with E-state index >= 15 is 0 Å². The van der Waals surface area contributed by atoms with Crippen LogP contribution in [0.25, 0.3) is 10.9 Å². The number of fused-ring (bicyclic) bond motifs is 1. The molecule has 0 unspecified atom stereocenters. The second kappa shape index (κ2) is 5.39. The number of pyridine rings is 1. The van der Waals surface area contributed by atoms with E-state index in [0.717, 1.165) is 21.9 Å². The molecule has 84 valence electrons. The Bertz CT molecular complexity index is 487. The van der Waals surface area contributed by atoms with E-state index in [1.54, 1.807) is 6.20 Å². The fourth-order valence-corrected chi connectivity index (χ4v) is 2.14. The van der Waals surface area contributed by atoms with E-state index in [0.29, 0.717) is 6.54 Å². The first-order valence-corrected chi connectivity index (χ1v) is 5.96. The Hall–Kier alpha value is -0.970. The van der Waals surface area contributed by atoms with Crippen LogP contribution < -0.4 is 5.32 Å². The predicted molar refractivity (Wildman–Crippen MR) is 68.2 cm³/mol. The third-order valence-electron chi connectivity index (χ3n) is 2.43. The van der Waals surface area contributed by atoms with Gasteiger partial charge < -0.3 is 10.4 Å². The maximum Gasteiger partial charge on any atom is 0.0706 e. The average molecular weight is 281 g/mol. The Kier molecular flexibility index (Phi) is 3.88. The van der Waals surface area contributed by atoms with Gasteiger partial charge in [0.1, 0.15) is 0 Å². The van der Waals surface area contributed by atoms with Gasteiger partial charge in [-0.15, -0.1) is 0 Å². The maximum absolute atomic E-state index is 8.74. The summed E-state index contributed by atoms with van der Waals surface area (Å²) in [5, 5.41) is 13.1. The van der Waals surface area contributed by atoms with E-state index in [1.165, 1.54) is 5.56 Å². The van der Waals surface area contributed by atoms with E-state index in [1.807, 2.05) is 18.2 Å². The van der Waals surface area contributed by atoms with E-state index in [4.69, 9.17) is 5.11 Å². The number of nitrogens with one attached hydrogen (secondary N) is 1. The molecule has 0 aliphatic rings. The lowest BCUT2D eigenvalue weighted by molar-refractivity contribution is 0.292. The molecule has 4 heteroatoms. The summed E-state index contributed by atoms with van der Waals surface area (Å²) in [6.45, 7) is 1.48. The van der Waals surface area contributed by atoms with Gasteiger partial charge in [0.05, 0.1) is 12.1 Å². The van der Waals surface area contributed by atoms with Gasteiger partial charge in [0, 0.05) is 29.1 Å². The van der Waals surface area contributed by atoms with Crippen molar-refractivity contribution >= 4 is 26.8 Å². The molecule has 1 heterocycles. The summed E-state index contributed by atoms with van der Waals surface area (Å²) in [6, 6.07) is 7.99. The fraction of sp³-hybridized carbons (Fsp3) is 0.250. The van der Waals surface area contributed by atoms with Crippen LogP contribution in [0.15, 0.2) is 34.9 Å². The highest BCUT2D eigenvalue weighted by atomic mass is 79.9. The molecule has 3 nitrogen and oxygen atoms in total.